The van der Waals surface area contributed by atoms with Crippen molar-refractivity contribution in [2.45, 2.75) is 31.2 Å². The molecule has 0 bridgehead atoms. The van der Waals surface area contributed by atoms with Gasteiger partial charge in [0.25, 0.3) is 0 Å². The van der Waals surface area contributed by atoms with Gasteiger partial charge >= 0.3 is 0 Å². The molecule has 2 aromatic heterocycles. The third kappa shape index (κ3) is 2.04. The second-order valence-electron chi connectivity index (χ2n) is 4.71. The smallest absolute Gasteiger partial charge is 0.193 e. The lowest BCUT2D eigenvalue weighted by Crippen LogP contribution is -2.24. The molecule has 0 fully saturated rings. The Bertz CT molecular complexity index is 552. The maximum absolute atomic E-state index is 6.31. The summed E-state index contributed by atoms with van der Waals surface area (Å²) >= 11 is 5.81. The van der Waals surface area contributed by atoms with E-state index in [1.165, 1.54) is 5.56 Å². The van der Waals surface area contributed by atoms with Crippen molar-refractivity contribution < 1.29 is 4.42 Å². The number of halogens is 1. The van der Waals surface area contributed by atoms with Gasteiger partial charge in [-0.05, 0) is 54.6 Å². The number of nitrogens with zero attached hydrogens (tertiary/aromatic N) is 1. The molecule has 1 aliphatic carbocycles. The van der Waals surface area contributed by atoms with Gasteiger partial charge in [-0.1, -0.05) is 6.07 Å². The third-order valence-electron chi connectivity index (χ3n) is 3.59. The summed E-state index contributed by atoms with van der Waals surface area (Å²) in [6.45, 7) is 0. The zero-order valence-electron chi connectivity index (χ0n) is 9.97. The Kier molecular flexibility index (Phi) is 3.10. The van der Waals surface area contributed by atoms with E-state index in [1.54, 1.807) is 6.07 Å². The zero-order valence-corrected chi connectivity index (χ0v) is 10.7. The lowest BCUT2D eigenvalue weighted by atomic mass is 9.81. The molecular weight excluding hydrogens is 248 g/mol. The summed E-state index contributed by atoms with van der Waals surface area (Å²) in [7, 11) is 0. The SMILES string of the molecule is NC(c1ccc(Cl)o1)C1CCCc2cccnc21. The van der Waals surface area contributed by atoms with E-state index in [4.69, 9.17) is 21.8 Å². The van der Waals surface area contributed by atoms with Crippen LogP contribution in [0.3, 0.4) is 0 Å². The number of furan rings is 1. The maximum atomic E-state index is 6.31. The minimum atomic E-state index is -0.175. The topological polar surface area (TPSA) is 52.0 Å². The molecule has 0 saturated carbocycles. The van der Waals surface area contributed by atoms with Gasteiger partial charge in [0, 0.05) is 17.8 Å². The van der Waals surface area contributed by atoms with Crippen molar-refractivity contribution in [3.8, 4) is 0 Å². The van der Waals surface area contributed by atoms with Crippen LogP contribution in [-0.2, 0) is 6.42 Å². The Hall–Kier alpha value is -1.32. The van der Waals surface area contributed by atoms with Crippen LogP contribution in [0.25, 0.3) is 0 Å². The van der Waals surface area contributed by atoms with Gasteiger partial charge in [0.15, 0.2) is 5.22 Å². The fourth-order valence-corrected chi connectivity index (χ4v) is 2.85. The van der Waals surface area contributed by atoms with Crippen molar-refractivity contribution in [3.05, 3.63) is 52.7 Å². The summed E-state index contributed by atoms with van der Waals surface area (Å²) in [5, 5.41) is 0.387. The first-order chi connectivity index (χ1) is 8.75. The number of hydrogen-bond acceptors (Lipinski definition) is 3. The first-order valence-corrected chi connectivity index (χ1v) is 6.58. The van der Waals surface area contributed by atoms with E-state index in [2.05, 4.69) is 11.1 Å². The molecule has 2 heterocycles. The van der Waals surface area contributed by atoms with E-state index in [0.29, 0.717) is 5.22 Å². The Labute approximate surface area is 111 Å². The molecule has 0 aromatic carbocycles. The highest BCUT2D eigenvalue weighted by atomic mass is 35.5. The van der Waals surface area contributed by atoms with E-state index < -0.39 is 0 Å². The van der Waals surface area contributed by atoms with Gasteiger partial charge < -0.3 is 10.2 Å². The lowest BCUT2D eigenvalue weighted by Gasteiger charge is -2.27. The molecule has 2 N–H and O–H groups in total. The van der Waals surface area contributed by atoms with Crippen LogP contribution in [0.15, 0.2) is 34.9 Å². The monoisotopic (exact) mass is 262 g/mol. The predicted octanol–water partition coefficient (Wildman–Crippen LogP) is 3.45. The molecule has 0 spiro atoms. The normalized spacial score (nSPS) is 20.4. The summed E-state index contributed by atoms with van der Waals surface area (Å²) in [6.07, 6.45) is 5.11. The quantitative estimate of drug-likeness (QED) is 0.902. The molecule has 18 heavy (non-hydrogen) atoms. The highest BCUT2D eigenvalue weighted by Gasteiger charge is 2.29. The number of rotatable bonds is 2. The highest BCUT2D eigenvalue weighted by molar-refractivity contribution is 6.28. The zero-order chi connectivity index (χ0) is 12.5. The molecule has 0 radical (unpaired) electrons. The van der Waals surface area contributed by atoms with Gasteiger partial charge in [0.2, 0.25) is 0 Å². The summed E-state index contributed by atoms with van der Waals surface area (Å²) < 4.78 is 5.43. The first kappa shape index (κ1) is 11.8. The molecular formula is C14H15ClN2O. The van der Waals surface area contributed by atoms with Gasteiger partial charge in [0.1, 0.15) is 5.76 Å². The largest absolute Gasteiger partial charge is 0.448 e. The van der Waals surface area contributed by atoms with Crippen molar-refractivity contribution in [2.75, 3.05) is 0 Å². The van der Waals surface area contributed by atoms with Gasteiger partial charge in [-0.3, -0.25) is 4.98 Å². The predicted molar refractivity (Wildman–Crippen MR) is 70.6 cm³/mol. The second kappa shape index (κ2) is 4.75. The molecule has 0 amide bonds. The number of aryl methyl sites for hydroxylation is 1. The molecule has 2 atom stereocenters. The van der Waals surface area contributed by atoms with Gasteiger partial charge in [-0.25, -0.2) is 0 Å². The number of pyridine rings is 1. The molecule has 3 rings (SSSR count). The fourth-order valence-electron chi connectivity index (χ4n) is 2.70. The molecule has 3 nitrogen and oxygen atoms in total. The van der Waals surface area contributed by atoms with E-state index in [-0.39, 0.29) is 12.0 Å². The summed E-state index contributed by atoms with van der Waals surface area (Å²) in [4.78, 5) is 4.50. The number of fused-ring (bicyclic) bond motifs is 1. The van der Waals surface area contributed by atoms with Crippen LogP contribution in [0.4, 0.5) is 0 Å². The van der Waals surface area contributed by atoms with Gasteiger partial charge in [0.05, 0.1) is 6.04 Å². The molecule has 2 aromatic rings. The standard InChI is InChI=1S/C14H15ClN2O/c15-12-7-6-11(18-12)13(16)10-5-1-3-9-4-2-8-17-14(9)10/h2,4,6-8,10,13H,1,3,5,16H2. The van der Waals surface area contributed by atoms with Crippen LogP contribution in [-0.4, -0.2) is 4.98 Å². The Morgan fingerprint density at radius 3 is 3.06 bits per heavy atom. The van der Waals surface area contributed by atoms with Crippen molar-refractivity contribution in [3.63, 3.8) is 0 Å². The average molecular weight is 263 g/mol. The Balaban J connectivity index is 1.94. The van der Waals surface area contributed by atoms with E-state index in [9.17, 15) is 0 Å². The fraction of sp³-hybridized carbons (Fsp3) is 0.357. The minimum absolute atomic E-state index is 0.175. The van der Waals surface area contributed by atoms with Gasteiger partial charge in [-0.15, -0.1) is 0 Å². The maximum Gasteiger partial charge on any atom is 0.193 e. The van der Waals surface area contributed by atoms with Crippen LogP contribution in [0, 0.1) is 0 Å². The third-order valence-corrected chi connectivity index (χ3v) is 3.80. The van der Waals surface area contributed by atoms with E-state index in [1.807, 2.05) is 18.3 Å². The minimum Gasteiger partial charge on any atom is -0.448 e. The van der Waals surface area contributed by atoms with Crippen LogP contribution in [0.2, 0.25) is 5.22 Å². The lowest BCUT2D eigenvalue weighted by molar-refractivity contribution is 0.390. The Morgan fingerprint density at radius 2 is 2.28 bits per heavy atom. The highest BCUT2D eigenvalue weighted by Crippen LogP contribution is 2.38. The molecule has 0 aliphatic heterocycles. The van der Waals surface area contributed by atoms with Crippen molar-refractivity contribution in [2.24, 2.45) is 5.73 Å². The molecule has 0 saturated heterocycles. The summed E-state index contributed by atoms with van der Waals surface area (Å²) in [5.41, 5.74) is 8.73. The summed E-state index contributed by atoms with van der Waals surface area (Å²) in [6, 6.07) is 7.53. The number of nitrogens with two attached hydrogens (primary N) is 1. The number of aromatic nitrogens is 1. The molecule has 94 valence electrons. The summed E-state index contributed by atoms with van der Waals surface area (Å²) in [5.74, 6) is 0.959. The van der Waals surface area contributed by atoms with Crippen molar-refractivity contribution in [1.82, 2.24) is 4.98 Å². The second-order valence-corrected chi connectivity index (χ2v) is 5.09. The number of hydrogen-bond donors (Lipinski definition) is 1. The van der Waals surface area contributed by atoms with Gasteiger partial charge in [-0.2, -0.15) is 0 Å². The molecule has 4 heteroatoms. The first-order valence-electron chi connectivity index (χ1n) is 6.20. The van der Waals surface area contributed by atoms with Crippen LogP contribution >= 0.6 is 11.6 Å². The van der Waals surface area contributed by atoms with Crippen LogP contribution in [0.5, 0.6) is 0 Å². The van der Waals surface area contributed by atoms with E-state index >= 15 is 0 Å². The van der Waals surface area contributed by atoms with Crippen molar-refractivity contribution >= 4 is 11.6 Å². The average Bonchev–Trinajstić information content (AvgIpc) is 2.84. The molecule has 2 unspecified atom stereocenters. The van der Waals surface area contributed by atoms with Crippen LogP contribution in [0.1, 0.15) is 41.8 Å². The molecule has 1 aliphatic rings. The van der Waals surface area contributed by atoms with E-state index in [0.717, 1.165) is 30.7 Å². The van der Waals surface area contributed by atoms with Crippen molar-refractivity contribution in [1.29, 1.82) is 0 Å². The Morgan fingerprint density at radius 1 is 1.39 bits per heavy atom. The van der Waals surface area contributed by atoms with Crippen LogP contribution < -0.4 is 5.73 Å².